The highest BCUT2D eigenvalue weighted by Gasteiger charge is 2.33. The molecule has 0 atom stereocenters. The van der Waals surface area contributed by atoms with E-state index in [0.717, 1.165) is 28.6 Å². The molecule has 3 aromatic carbocycles. The van der Waals surface area contributed by atoms with Gasteiger partial charge in [-0.1, -0.05) is 78.4 Å². The molecule has 1 aliphatic heterocycles. The molecule has 0 spiro atoms. The predicted octanol–water partition coefficient (Wildman–Crippen LogP) is 5.09. The van der Waals surface area contributed by atoms with Gasteiger partial charge >= 0.3 is 6.03 Å². The topological polar surface area (TPSA) is 54.3 Å². The lowest BCUT2D eigenvalue weighted by Crippen LogP contribution is -2.30. The van der Waals surface area contributed by atoms with Crippen molar-refractivity contribution in [3.8, 4) is 0 Å². The van der Waals surface area contributed by atoms with Crippen molar-refractivity contribution < 1.29 is 9.59 Å². The normalized spacial score (nSPS) is 15.0. The third kappa shape index (κ3) is 3.81. The molecule has 5 heteroatoms. The number of para-hydroxylation sites is 1. The third-order valence-electron chi connectivity index (χ3n) is 5.70. The van der Waals surface area contributed by atoms with Crippen molar-refractivity contribution in [2.45, 2.75) is 20.0 Å². The minimum absolute atomic E-state index is 0.248. The molecule has 1 N–H and O–H groups in total. The lowest BCUT2D eigenvalue weighted by Gasteiger charge is -2.11. The van der Waals surface area contributed by atoms with Gasteiger partial charge in [-0.2, -0.15) is 0 Å². The molecule has 2 heterocycles. The number of imide groups is 1. The SMILES string of the molecule is Cc1cccc(Cn2cc(/C=C3/NC(=O)N(Cc4ccccc4)C3=O)c3ccccc32)c1. The minimum atomic E-state index is -0.395. The number of aromatic nitrogens is 1. The Balaban J connectivity index is 1.47. The van der Waals surface area contributed by atoms with Gasteiger partial charge in [-0.05, 0) is 30.2 Å². The van der Waals surface area contributed by atoms with Gasteiger partial charge in [0.05, 0.1) is 6.54 Å². The molecule has 3 amide bonds. The maximum absolute atomic E-state index is 13.0. The van der Waals surface area contributed by atoms with Gasteiger partial charge in [-0.3, -0.25) is 9.69 Å². The van der Waals surface area contributed by atoms with Crippen molar-refractivity contribution in [3.05, 3.63) is 113 Å². The van der Waals surface area contributed by atoms with Crippen LogP contribution in [0.4, 0.5) is 4.79 Å². The van der Waals surface area contributed by atoms with Crippen LogP contribution in [0, 0.1) is 6.92 Å². The third-order valence-corrected chi connectivity index (χ3v) is 5.70. The molecule has 0 aliphatic carbocycles. The Bertz CT molecular complexity index is 1350. The highest BCUT2D eigenvalue weighted by Crippen LogP contribution is 2.26. The monoisotopic (exact) mass is 421 g/mol. The maximum atomic E-state index is 13.0. The molecule has 0 radical (unpaired) electrons. The molecule has 1 aromatic heterocycles. The highest BCUT2D eigenvalue weighted by molar-refractivity contribution is 6.14. The number of urea groups is 1. The Hall–Kier alpha value is -4.12. The standard InChI is InChI=1S/C27H23N3O2/c1-19-8-7-11-21(14-19)16-29-18-22(23-12-5-6-13-25(23)29)15-24-26(31)30(27(32)28-24)17-20-9-3-2-4-10-20/h2-15,18H,16-17H2,1H3,(H,28,32)/b24-15+. The molecule has 158 valence electrons. The zero-order valence-corrected chi connectivity index (χ0v) is 17.8. The number of benzene rings is 3. The Morgan fingerprint density at radius 1 is 0.844 bits per heavy atom. The number of fused-ring (bicyclic) bond motifs is 1. The summed E-state index contributed by atoms with van der Waals surface area (Å²) < 4.78 is 2.18. The van der Waals surface area contributed by atoms with E-state index < -0.39 is 6.03 Å². The first-order chi connectivity index (χ1) is 15.6. The smallest absolute Gasteiger partial charge is 0.329 e. The Morgan fingerprint density at radius 3 is 2.41 bits per heavy atom. The lowest BCUT2D eigenvalue weighted by atomic mass is 10.1. The van der Waals surface area contributed by atoms with Gasteiger partial charge in [0.25, 0.3) is 5.91 Å². The van der Waals surface area contributed by atoms with Crippen LogP contribution >= 0.6 is 0 Å². The molecular formula is C27H23N3O2. The summed E-state index contributed by atoms with van der Waals surface area (Å²) in [6.45, 7) is 3.06. The van der Waals surface area contributed by atoms with Gasteiger partial charge in [0.15, 0.2) is 0 Å². The van der Waals surface area contributed by atoms with Crippen molar-refractivity contribution in [2.24, 2.45) is 0 Å². The van der Waals surface area contributed by atoms with E-state index in [1.807, 2.05) is 54.7 Å². The zero-order valence-electron chi connectivity index (χ0n) is 17.8. The fourth-order valence-corrected chi connectivity index (χ4v) is 4.16. The van der Waals surface area contributed by atoms with Crippen LogP contribution in [0.3, 0.4) is 0 Å². The predicted molar refractivity (Wildman–Crippen MR) is 126 cm³/mol. The molecule has 1 aliphatic rings. The van der Waals surface area contributed by atoms with Crippen molar-refractivity contribution in [3.63, 3.8) is 0 Å². The van der Waals surface area contributed by atoms with E-state index in [1.54, 1.807) is 6.08 Å². The molecule has 0 bridgehead atoms. The summed E-state index contributed by atoms with van der Waals surface area (Å²) in [5, 5.41) is 3.78. The second kappa shape index (κ2) is 8.19. The summed E-state index contributed by atoms with van der Waals surface area (Å²) in [6.07, 6.45) is 3.82. The van der Waals surface area contributed by atoms with Crippen LogP contribution in [0.15, 0.2) is 90.8 Å². The first-order valence-electron chi connectivity index (χ1n) is 10.6. The van der Waals surface area contributed by atoms with Gasteiger partial charge in [-0.15, -0.1) is 0 Å². The largest absolute Gasteiger partial charge is 0.342 e. The Kier molecular flexibility index (Phi) is 5.07. The van der Waals surface area contributed by atoms with E-state index >= 15 is 0 Å². The first-order valence-corrected chi connectivity index (χ1v) is 10.6. The lowest BCUT2D eigenvalue weighted by molar-refractivity contribution is -0.123. The van der Waals surface area contributed by atoms with E-state index in [4.69, 9.17) is 0 Å². The van der Waals surface area contributed by atoms with Crippen LogP contribution in [-0.4, -0.2) is 21.4 Å². The molecule has 32 heavy (non-hydrogen) atoms. The number of hydrogen-bond donors (Lipinski definition) is 1. The van der Waals surface area contributed by atoms with E-state index in [-0.39, 0.29) is 12.5 Å². The number of nitrogens with one attached hydrogen (secondary N) is 1. The van der Waals surface area contributed by atoms with Gasteiger partial charge in [-0.25, -0.2) is 4.79 Å². The van der Waals surface area contributed by atoms with E-state index in [0.29, 0.717) is 5.70 Å². The van der Waals surface area contributed by atoms with Crippen molar-refractivity contribution in [1.29, 1.82) is 0 Å². The molecule has 5 nitrogen and oxygen atoms in total. The van der Waals surface area contributed by atoms with Gasteiger partial charge < -0.3 is 9.88 Å². The van der Waals surface area contributed by atoms with Crippen LogP contribution in [0.2, 0.25) is 0 Å². The molecule has 1 saturated heterocycles. The summed E-state index contributed by atoms with van der Waals surface area (Å²) in [5.74, 6) is -0.311. The Labute approximate surface area is 186 Å². The van der Waals surface area contributed by atoms with Crippen LogP contribution in [0.25, 0.3) is 17.0 Å². The molecular weight excluding hydrogens is 398 g/mol. The van der Waals surface area contributed by atoms with Crippen molar-refractivity contribution in [2.75, 3.05) is 0 Å². The van der Waals surface area contributed by atoms with E-state index in [9.17, 15) is 9.59 Å². The molecule has 4 aromatic rings. The van der Waals surface area contributed by atoms with Gasteiger partial charge in [0, 0.05) is 29.2 Å². The average molecular weight is 422 g/mol. The number of carbonyl (C=O) groups excluding carboxylic acids is 2. The number of nitrogens with zero attached hydrogens (tertiary/aromatic N) is 2. The quantitative estimate of drug-likeness (QED) is 0.360. The summed E-state index contributed by atoms with van der Waals surface area (Å²) in [6, 6.07) is 25.7. The Morgan fingerprint density at radius 2 is 1.59 bits per heavy atom. The van der Waals surface area contributed by atoms with Crippen molar-refractivity contribution in [1.82, 2.24) is 14.8 Å². The fourth-order valence-electron chi connectivity index (χ4n) is 4.16. The van der Waals surface area contributed by atoms with Crippen LogP contribution in [-0.2, 0) is 17.9 Å². The molecule has 0 saturated carbocycles. The number of aryl methyl sites for hydroxylation is 1. The average Bonchev–Trinajstić information content (AvgIpc) is 3.27. The summed E-state index contributed by atoms with van der Waals surface area (Å²) in [7, 11) is 0. The maximum Gasteiger partial charge on any atom is 0.329 e. The number of rotatable bonds is 5. The molecule has 5 rings (SSSR count). The van der Waals surface area contributed by atoms with Gasteiger partial charge in [0.1, 0.15) is 5.70 Å². The van der Waals surface area contributed by atoms with Crippen LogP contribution in [0.5, 0.6) is 0 Å². The van der Waals surface area contributed by atoms with Crippen LogP contribution in [0.1, 0.15) is 22.3 Å². The van der Waals surface area contributed by atoms with Crippen molar-refractivity contribution >= 4 is 28.9 Å². The highest BCUT2D eigenvalue weighted by atomic mass is 16.2. The number of amides is 3. The first kappa shape index (κ1) is 19.8. The van der Waals surface area contributed by atoms with Crippen LogP contribution < -0.4 is 5.32 Å². The summed E-state index contributed by atoms with van der Waals surface area (Å²) in [4.78, 5) is 26.7. The zero-order chi connectivity index (χ0) is 22.1. The second-order valence-corrected chi connectivity index (χ2v) is 8.08. The minimum Gasteiger partial charge on any atom is -0.342 e. The van der Waals surface area contributed by atoms with E-state index in [1.165, 1.54) is 16.0 Å². The molecule has 1 fully saturated rings. The number of carbonyl (C=O) groups is 2. The van der Waals surface area contributed by atoms with Gasteiger partial charge in [0.2, 0.25) is 0 Å². The second-order valence-electron chi connectivity index (χ2n) is 8.08. The number of hydrogen-bond acceptors (Lipinski definition) is 2. The fraction of sp³-hybridized carbons (Fsp3) is 0.111. The summed E-state index contributed by atoms with van der Waals surface area (Å²) in [5.41, 5.74) is 5.62. The summed E-state index contributed by atoms with van der Waals surface area (Å²) >= 11 is 0. The van der Waals surface area contributed by atoms with E-state index in [2.05, 4.69) is 47.1 Å². The molecule has 0 unspecified atom stereocenters.